The van der Waals surface area contributed by atoms with E-state index in [0.29, 0.717) is 16.8 Å². The number of halogens is 1. The van der Waals surface area contributed by atoms with Gasteiger partial charge < -0.3 is 5.73 Å². The highest BCUT2D eigenvalue weighted by molar-refractivity contribution is 9.09. The molecule has 0 saturated heterocycles. The quantitative estimate of drug-likeness (QED) is 0.653. The van der Waals surface area contributed by atoms with Crippen LogP contribution in [-0.2, 0) is 0 Å². The smallest absolute Gasteiger partial charge is 0.0330 e. The van der Waals surface area contributed by atoms with E-state index in [1.807, 2.05) is 0 Å². The van der Waals surface area contributed by atoms with Crippen LogP contribution in [0.25, 0.3) is 0 Å². The summed E-state index contributed by atoms with van der Waals surface area (Å²) < 4.78 is 0. The summed E-state index contributed by atoms with van der Waals surface area (Å²) in [4.78, 5) is 0.585. The van der Waals surface area contributed by atoms with E-state index in [0.717, 1.165) is 11.8 Å². The summed E-state index contributed by atoms with van der Waals surface area (Å²) in [5, 5.41) is 0. The van der Waals surface area contributed by atoms with E-state index in [1.54, 1.807) is 0 Å². The lowest BCUT2D eigenvalue weighted by molar-refractivity contribution is 0.129. The normalized spacial score (nSPS) is 51.5. The predicted octanol–water partition coefficient (Wildman–Crippen LogP) is 2.92. The number of alkyl halides is 1. The van der Waals surface area contributed by atoms with Crippen LogP contribution in [0, 0.1) is 17.8 Å². The average molecular weight is 246 g/mol. The molecule has 13 heavy (non-hydrogen) atoms. The molecule has 0 heterocycles. The van der Waals surface area contributed by atoms with Crippen LogP contribution >= 0.6 is 15.9 Å². The Morgan fingerprint density at radius 2 is 1.92 bits per heavy atom. The maximum atomic E-state index is 6.18. The highest BCUT2D eigenvalue weighted by Crippen LogP contribution is 2.44. The number of rotatable bonds is 0. The third kappa shape index (κ3) is 1.80. The van der Waals surface area contributed by atoms with E-state index in [-0.39, 0.29) is 0 Å². The van der Waals surface area contributed by atoms with Gasteiger partial charge in [-0.2, -0.15) is 0 Å². The number of hydrogen-bond donors (Lipinski definition) is 1. The molecule has 5 atom stereocenters. The van der Waals surface area contributed by atoms with Crippen molar-refractivity contribution in [3.05, 3.63) is 0 Å². The fraction of sp³-hybridized carbons (Fsp3) is 1.00. The molecule has 0 aromatic heterocycles. The molecule has 0 aromatic carbocycles. The summed E-state index contributed by atoms with van der Waals surface area (Å²) in [5.74, 6) is 2.55. The van der Waals surface area contributed by atoms with Crippen molar-refractivity contribution < 1.29 is 0 Å². The van der Waals surface area contributed by atoms with Crippen molar-refractivity contribution in [3.8, 4) is 0 Å². The third-order valence-corrected chi connectivity index (χ3v) is 5.37. The fourth-order valence-corrected chi connectivity index (χ4v) is 4.40. The van der Waals surface area contributed by atoms with Gasteiger partial charge in [-0.3, -0.25) is 0 Å². The Hall–Kier alpha value is 0.440. The van der Waals surface area contributed by atoms with Crippen molar-refractivity contribution >= 4 is 15.9 Å². The van der Waals surface area contributed by atoms with Gasteiger partial charge in [-0.1, -0.05) is 42.1 Å². The molecule has 2 aliphatic carbocycles. The summed E-state index contributed by atoms with van der Waals surface area (Å²) in [6, 6.07) is 0.388. The molecule has 0 spiro atoms. The Morgan fingerprint density at radius 3 is 2.69 bits per heavy atom. The lowest BCUT2D eigenvalue weighted by atomic mass is 9.66. The van der Waals surface area contributed by atoms with Crippen LogP contribution in [0.5, 0.6) is 0 Å². The van der Waals surface area contributed by atoms with Gasteiger partial charge in [0.15, 0.2) is 0 Å². The minimum absolute atomic E-state index is 0.388. The van der Waals surface area contributed by atoms with E-state index >= 15 is 0 Å². The third-order valence-electron chi connectivity index (χ3n) is 4.08. The van der Waals surface area contributed by atoms with Gasteiger partial charge in [-0.15, -0.1) is 0 Å². The first-order valence-corrected chi connectivity index (χ1v) is 6.51. The van der Waals surface area contributed by atoms with E-state index in [1.165, 1.54) is 32.1 Å². The minimum Gasteiger partial charge on any atom is -0.326 e. The molecule has 76 valence electrons. The standard InChI is InChI=1S/C11H20BrN/c1-7-6-8-4-2-3-5-9(8)10(12)11(7)13/h7-11H,2-6,13H2,1H3. The Balaban J connectivity index is 2.08. The highest BCUT2D eigenvalue weighted by atomic mass is 79.9. The van der Waals surface area contributed by atoms with E-state index in [4.69, 9.17) is 5.73 Å². The summed E-state index contributed by atoms with van der Waals surface area (Å²) >= 11 is 3.81. The number of fused-ring (bicyclic) bond motifs is 1. The summed E-state index contributed by atoms with van der Waals surface area (Å²) in [6.45, 7) is 2.31. The highest BCUT2D eigenvalue weighted by Gasteiger charge is 2.40. The molecule has 0 aromatic rings. The van der Waals surface area contributed by atoms with Crippen molar-refractivity contribution in [1.29, 1.82) is 0 Å². The molecule has 2 rings (SSSR count). The Kier molecular flexibility index (Phi) is 2.99. The molecule has 1 nitrogen and oxygen atoms in total. The molecule has 2 fully saturated rings. The molecule has 2 saturated carbocycles. The zero-order chi connectivity index (χ0) is 9.42. The minimum atomic E-state index is 0.388. The largest absolute Gasteiger partial charge is 0.326 e. The van der Waals surface area contributed by atoms with Gasteiger partial charge in [-0.25, -0.2) is 0 Å². The summed E-state index contributed by atoms with van der Waals surface area (Å²) in [6.07, 6.45) is 7.09. The fourth-order valence-electron chi connectivity index (χ4n) is 3.18. The summed E-state index contributed by atoms with van der Waals surface area (Å²) in [7, 11) is 0. The Bertz CT molecular complexity index is 181. The van der Waals surface area contributed by atoms with Crippen LogP contribution in [0.3, 0.4) is 0 Å². The Morgan fingerprint density at radius 1 is 1.23 bits per heavy atom. The lowest BCUT2D eigenvalue weighted by Crippen LogP contribution is -2.49. The number of hydrogen-bond acceptors (Lipinski definition) is 1. The molecule has 0 radical (unpaired) electrons. The molecular formula is C11H20BrN. The van der Waals surface area contributed by atoms with Crippen LogP contribution in [-0.4, -0.2) is 10.9 Å². The van der Waals surface area contributed by atoms with E-state index in [9.17, 15) is 0 Å². The molecule has 0 bridgehead atoms. The Labute approximate surface area is 89.6 Å². The van der Waals surface area contributed by atoms with E-state index < -0.39 is 0 Å². The first-order valence-electron chi connectivity index (χ1n) is 5.60. The molecule has 5 unspecified atom stereocenters. The summed E-state index contributed by atoms with van der Waals surface area (Å²) in [5.41, 5.74) is 6.18. The van der Waals surface area contributed by atoms with Crippen molar-refractivity contribution in [2.75, 3.05) is 0 Å². The second-order valence-corrected chi connectivity index (χ2v) is 6.00. The topological polar surface area (TPSA) is 26.0 Å². The zero-order valence-electron chi connectivity index (χ0n) is 8.38. The van der Waals surface area contributed by atoms with Crippen molar-refractivity contribution in [1.82, 2.24) is 0 Å². The van der Waals surface area contributed by atoms with Gasteiger partial charge >= 0.3 is 0 Å². The van der Waals surface area contributed by atoms with Gasteiger partial charge in [0.1, 0.15) is 0 Å². The van der Waals surface area contributed by atoms with Crippen LogP contribution in [0.2, 0.25) is 0 Å². The van der Waals surface area contributed by atoms with E-state index in [2.05, 4.69) is 22.9 Å². The maximum absolute atomic E-state index is 6.18. The van der Waals surface area contributed by atoms with Gasteiger partial charge in [-0.05, 0) is 30.6 Å². The van der Waals surface area contributed by atoms with Crippen molar-refractivity contribution in [3.63, 3.8) is 0 Å². The van der Waals surface area contributed by atoms with Gasteiger partial charge in [0.2, 0.25) is 0 Å². The first kappa shape index (κ1) is 9.97. The van der Waals surface area contributed by atoms with Gasteiger partial charge in [0, 0.05) is 10.9 Å². The zero-order valence-corrected chi connectivity index (χ0v) is 9.96. The average Bonchev–Trinajstić information content (AvgIpc) is 2.15. The molecular weight excluding hydrogens is 226 g/mol. The molecule has 2 aliphatic rings. The molecule has 0 amide bonds. The molecule has 2 heteroatoms. The second-order valence-electron chi connectivity index (χ2n) is 4.94. The van der Waals surface area contributed by atoms with Gasteiger partial charge in [0.05, 0.1) is 0 Å². The van der Waals surface area contributed by atoms with Crippen LogP contribution in [0.15, 0.2) is 0 Å². The monoisotopic (exact) mass is 245 g/mol. The molecule has 0 aliphatic heterocycles. The van der Waals surface area contributed by atoms with Gasteiger partial charge in [0.25, 0.3) is 0 Å². The molecule has 2 N–H and O–H groups in total. The van der Waals surface area contributed by atoms with Crippen LogP contribution < -0.4 is 5.73 Å². The SMILES string of the molecule is CC1CC2CCCCC2C(Br)C1N. The maximum Gasteiger partial charge on any atom is 0.0330 e. The van der Waals surface area contributed by atoms with Crippen molar-refractivity contribution in [2.24, 2.45) is 23.5 Å². The first-order chi connectivity index (χ1) is 6.20. The lowest BCUT2D eigenvalue weighted by Gasteiger charge is -2.45. The number of nitrogens with two attached hydrogens (primary N) is 1. The van der Waals surface area contributed by atoms with Crippen molar-refractivity contribution in [2.45, 2.75) is 49.9 Å². The predicted molar refractivity (Wildman–Crippen MR) is 59.9 cm³/mol. The van der Waals surface area contributed by atoms with Crippen LogP contribution in [0.1, 0.15) is 39.0 Å². The van der Waals surface area contributed by atoms with Crippen LogP contribution in [0.4, 0.5) is 0 Å². The second kappa shape index (κ2) is 3.90.